The van der Waals surface area contributed by atoms with E-state index < -0.39 is 10.9 Å². The molecule has 1 aromatic carbocycles. The molecule has 2 rings (SSSR count). The van der Waals surface area contributed by atoms with Gasteiger partial charge in [-0.15, -0.1) is 10.2 Å². The number of benzene rings is 1. The molecular weight excluding hydrogens is 274 g/mol. The Hall–Kier alpha value is -2.62. The molecule has 0 bridgehead atoms. The van der Waals surface area contributed by atoms with Gasteiger partial charge in [0.2, 0.25) is 5.16 Å². The third-order valence-electron chi connectivity index (χ3n) is 2.14. The molecule has 9 nitrogen and oxygen atoms in total. The van der Waals surface area contributed by atoms with E-state index in [9.17, 15) is 14.9 Å². The molecule has 0 spiro atoms. The summed E-state index contributed by atoms with van der Waals surface area (Å²) < 4.78 is 1.11. The number of rotatable bonds is 4. The Morgan fingerprint density at radius 3 is 2.79 bits per heavy atom. The summed E-state index contributed by atoms with van der Waals surface area (Å²) in [6.45, 7) is 0. The monoisotopic (exact) mass is 281 g/mol. The summed E-state index contributed by atoms with van der Waals surface area (Å²) in [5.41, 5.74) is -0.488. The predicted octanol–water partition coefficient (Wildman–Crippen LogP) is 0.749. The van der Waals surface area contributed by atoms with Crippen LogP contribution in [-0.2, 0) is 0 Å². The average Bonchev–Trinajstić information content (AvgIpc) is 2.75. The van der Waals surface area contributed by atoms with Crippen LogP contribution in [0, 0.1) is 10.1 Å². The van der Waals surface area contributed by atoms with Gasteiger partial charge in [0.1, 0.15) is 6.33 Å². The number of carboxylic acid groups (broad SMARTS) is 1. The quantitative estimate of drug-likeness (QED) is 0.475. The molecule has 1 aromatic heterocycles. The van der Waals surface area contributed by atoms with Crippen molar-refractivity contribution in [2.75, 3.05) is 5.84 Å². The van der Waals surface area contributed by atoms with E-state index in [1.807, 2.05) is 0 Å². The number of hydrogen-bond acceptors (Lipinski definition) is 7. The Balaban J connectivity index is 2.43. The molecule has 0 unspecified atom stereocenters. The Morgan fingerprint density at radius 1 is 1.53 bits per heavy atom. The van der Waals surface area contributed by atoms with Crippen molar-refractivity contribution in [3.8, 4) is 0 Å². The van der Waals surface area contributed by atoms with Crippen molar-refractivity contribution in [2.45, 2.75) is 10.1 Å². The Labute approximate surface area is 110 Å². The van der Waals surface area contributed by atoms with Crippen LogP contribution in [0.3, 0.4) is 0 Å². The molecule has 19 heavy (non-hydrogen) atoms. The Bertz CT molecular complexity index is 656. The lowest BCUT2D eigenvalue weighted by atomic mass is 10.2. The van der Waals surface area contributed by atoms with Gasteiger partial charge in [-0.1, -0.05) is 0 Å². The van der Waals surface area contributed by atoms with Crippen molar-refractivity contribution in [2.24, 2.45) is 0 Å². The number of hydrogen-bond donors (Lipinski definition) is 2. The maximum atomic E-state index is 10.9. The fraction of sp³-hybridized carbons (Fsp3) is 0. The summed E-state index contributed by atoms with van der Waals surface area (Å²) in [4.78, 5) is 21.3. The minimum Gasteiger partial charge on any atom is -0.478 e. The highest BCUT2D eigenvalue weighted by atomic mass is 32.2. The lowest BCUT2D eigenvalue weighted by Gasteiger charge is -2.03. The van der Waals surface area contributed by atoms with Crippen molar-refractivity contribution in [3.05, 3.63) is 40.2 Å². The molecule has 0 aliphatic heterocycles. The van der Waals surface area contributed by atoms with Crippen LogP contribution in [-0.4, -0.2) is 30.9 Å². The molecule has 3 N–H and O–H groups in total. The van der Waals surface area contributed by atoms with Gasteiger partial charge in [-0.2, -0.15) is 0 Å². The van der Waals surface area contributed by atoms with Gasteiger partial charge in [-0.05, 0) is 23.9 Å². The molecule has 2 aromatic rings. The second kappa shape index (κ2) is 4.94. The third-order valence-corrected chi connectivity index (χ3v) is 3.18. The number of nitro groups is 1. The molecule has 0 saturated heterocycles. The average molecular weight is 281 g/mol. The second-order valence-corrected chi connectivity index (χ2v) is 4.38. The van der Waals surface area contributed by atoms with Gasteiger partial charge < -0.3 is 10.9 Å². The van der Waals surface area contributed by atoms with Gasteiger partial charge in [-0.3, -0.25) is 10.1 Å². The lowest BCUT2D eigenvalue weighted by Crippen LogP contribution is -2.07. The molecule has 0 amide bonds. The van der Waals surface area contributed by atoms with Crippen molar-refractivity contribution in [3.63, 3.8) is 0 Å². The second-order valence-electron chi connectivity index (χ2n) is 3.37. The first kappa shape index (κ1) is 12.8. The highest BCUT2D eigenvalue weighted by Crippen LogP contribution is 2.33. The zero-order valence-electron chi connectivity index (χ0n) is 9.26. The summed E-state index contributed by atoms with van der Waals surface area (Å²) >= 11 is 0.926. The summed E-state index contributed by atoms with van der Waals surface area (Å²) in [6.07, 6.45) is 1.25. The van der Waals surface area contributed by atoms with Gasteiger partial charge in [0.15, 0.2) is 0 Å². The predicted molar refractivity (Wildman–Crippen MR) is 64.4 cm³/mol. The van der Waals surface area contributed by atoms with Gasteiger partial charge in [-0.25, -0.2) is 9.47 Å². The number of aromatic nitrogens is 3. The van der Waals surface area contributed by atoms with Crippen LogP contribution in [0.15, 0.2) is 34.6 Å². The fourth-order valence-corrected chi connectivity index (χ4v) is 2.09. The SMILES string of the molecule is Nn1cnnc1Sc1ccc(C(=O)O)cc1[N+](=O)[O-]. The van der Waals surface area contributed by atoms with Gasteiger partial charge >= 0.3 is 5.97 Å². The number of aromatic carboxylic acids is 1. The number of nitrogens with two attached hydrogens (primary N) is 1. The first-order chi connectivity index (χ1) is 8.99. The van der Waals surface area contributed by atoms with Crippen molar-refractivity contribution >= 4 is 23.4 Å². The number of carboxylic acids is 1. The maximum absolute atomic E-state index is 10.9. The minimum absolute atomic E-state index is 0.162. The van der Waals surface area contributed by atoms with Crippen LogP contribution in [0.4, 0.5) is 5.69 Å². The molecular formula is C9H7N5O4S. The minimum atomic E-state index is -1.23. The van der Waals surface area contributed by atoms with Gasteiger partial charge in [0, 0.05) is 6.07 Å². The van der Waals surface area contributed by atoms with Crippen LogP contribution < -0.4 is 5.84 Å². The van der Waals surface area contributed by atoms with E-state index >= 15 is 0 Å². The summed E-state index contributed by atoms with van der Waals surface area (Å²) in [6, 6.07) is 3.59. The van der Waals surface area contributed by atoms with E-state index in [0.717, 1.165) is 22.5 Å². The molecule has 98 valence electrons. The van der Waals surface area contributed by atoms with E-state index in [1.165, 1.54) is 18.5 Å². The number of nitrogens with zero attached hydrogens (tertiary/aromatic N) is 4. The van der Waals surface area contributed by atoms with E-state index in [2.05, 4.69) is 10.2 Å². The van der Waals surface area contributed by atoms with Crippen LogP contribution in [0.5, 0.6) is 0 Å². The van der Waals surface area contributed by atoms with E-state index in [4.69, 9.17) is 10.9 Å². The van der Waals surface area contributed by atoms with Crippen molar-refractivity contribution in [1.29, 1.82) is 0 Å². The molecule has 0 atom stereocenters. The molecule has 0 saturated carbocycles. The summed E-state index contributed by atoms with van der Waals surface area (Å²) in [5.74, 6) is 4.26. The molecule has 1 heterocycles. The van der Waals surface area contributed by atoms with Crippen LogP contribution >= 0.6 is 11.8 Å². The highest BCUT2D eigenvalue weighted by molar-refractivity contribution is 7.99. The topological polar surface area (TPSA) is 137 Å². The highest BCUT2D eigenvalue weighted by Gasteiger charge is 2.19. The van der Waals surface area contributed by atoms with Crippen molar-refractivity contribution < 1.29 is 14.8 Å². The first-order valence-electron chi connectivity index (χ1n) is 4.83. The smallest absolute Gasteiger partial charge is 0.335 e. The van der Waals surface area contributed by atoms with Crippen LogP contribution in [0.1, 0.15) is 10.4 Å². The summed E-state index contributed by atoms with van der Waals surface area (Å²) in [7, 11) is 0. The molecule has 0 fully saturated rings. The largest absolute Gasteiger partial charge is 0.478 e. The van der Waals surface area contributed by atoms with E-state index in [1.54, 1.807) is 0 Å². The normalized spacial score (nSPS) is 10.3. The number of nitro benzene ring substituents is 1. The zero-order valence-corrected chi connectivity index (χ0v) is 10.1. The molecule has 10 heteroatoms. The molecule has 0 radical (unpaired) electrons. The Kier molecular flexibility index (Phi) is 3.33. The standard InChI is InChI=1S/C9H7N5O4S/c10-13-4-11-12-9(13)19-7-2-1-5(8(15)16)3-6(7)14(17)18/h1-4H,10H2,(H,15,16). The zero-order chi connectivity index (χ0) is 14.0. The van der Waals surface area contributed by atoms with Gasteiger partial charge in [0.25, 0.3) is 5.69 Å². The number of nitrogen functional groups attached to an aromatic ring is 1. The lowest BCUT2D eigenvalue weighted by molar-refractivity contribution is -0.387. The van der Waals surface area contributed by atoms with Gasteiger partial charge in [0.05, 0.1) is 15.4 Å². The van der Waals surface area contributed by atoms with Crippen LogP contribution in [0.2, 0.25) is 0 Å². The van der Waals surface area contributed by atoms with Crippen molar-refractivity contribution in [1.82, 2.24) is 14.9 Å². The van der Waals surface area contributed by atoms with E-state index in [0.29, 0.717) is 0 Å². The Morgan fingerprint density at radius 2 is 2.26 bits per heavy atom. The van der Waals surface area contributed by atoms with Crippen LogP contribution in [0.25, 0.3) is 0 Å². The molecule has 0 aliphatic carbocycles. The summed E-state index contributed by atoms with van der Waals surface area (Å²) in [5, 5.41) is 27.2. The third kappa shape index (κ3) is 2.63. The number of carbonyl (C=O) groups is 1. The van der Waals surface area contributed by atoms with E-state index in [-0.39, 0.29) is 21.3 Å². The fourth-order valence-electron chi connectivity index (χ4n) is 1.28. The molecule has 0 aliphatic rings. The first-order valence-corrected chi connectivity index (χ1v) is 5.65. The maximum Gasteiger partial charge on any atom is 0.335 e.